The Balaban J connectivity index is 2.80. The van der Waals surface area contributed by atoms with E-state index in [2.05, 4.69) is 5.32 Å². The van der Waals surface area contributed by atoms with Crippen LogP contribution in [0, 0.1) is 5.92 Å². The van der Waals surface area contributed by atoms with Crippen molar-refractivity contribution >= 4 is 12.1 Å². The summed E-state index contributed by atoms with van der Waals surface area (Å²) in [6, 6.07) is 0. The lowest BCUT2D eigenvalue weighted by molar-refractivity contribution is -0.148. The summed E-state index contributed by atoms with van der Waals surface area (Å²) in [6.07, 6.45) is 2.43. The van der Waals surface area contributed by atoms with Gasteiger partial charge in [-0.3, -0.25) is 0 Å². The van der Waals surface area contributed by atoms with Crippen LogP contribution in [0.5, 0.6) is 0 Å². The fraction of sp³-hybridized carbons (Fsp3) is 0.846. The number of carboxylic acids is 1. The number of aliphatic carboxylic acids is 1. The summed E-state index contributed by atoms with van der Waals surface area (Å²) in [5.74, 6) is -1.06. The summed E-state index contributed by atoms with van der Waals surface area (Å²) in [5, 5.41) is 12.0. The highest BCUT2D eigenvalue weighted by atomic mass is 16.6. The average Bonchev–Trinajstić information content (AvgIpc) is 2.18. The predicted molar refractivity (Wildman–Crippen MR) is 67.4 cm³/mol. The summed E-state index contributed by atoms with van der Waals surface area (Å²) < 4.78 is 5.15. The second kappa shape index (κ2) is 5.16. The maximum absolute atomic E-state index is 11.8. The van der Waals surface area contributed by atoms with Gasteiger partial charge in [0, 0.05) is 0 Å². The molecule has 1 fully saturated rings. The lowest BCUT2D eigenvalue weighted by atomic mass is 9.73. The molecule has 0 saturated heterocycles. The topological polar surface area (TPSA) is 75.6 Å². The fourth-order valence-electron chi connectivity index (χ4n) is 2.39. The van der Waals surface area contributed by atoms with Gasteiger partial charge >= 0.3 is 12.1 Å². The number of carbonyl (C=O) groups excluding carboxylic acids is 1. The molecule has 0 bridgehead atoms. The predicted octanol–water partition coefficient (Wildman–Crippen LogP) is 2.54. The van der Waals surface area contributed by atoms with E-state index in [4.69, 9.17) is 4.74 Å². The molecule has 0 aromatic heterocycles. The quantitative estimate of drug-likeness (QED) is 0.797. The molecule has 104 valence electrons. The Hall–Kier alpha value is -1.26. The molecule has 2 atom stereocenters. The van der Waals surface area contributed by atoms with E-state index in [0.29, 0.717) is 6.42 Å². The molecular formula is C13H23NO4. The number of alkyl carbamates (subject to hydrolysis) is 1. The smallest absolute Gasteiger partial charge is 0.408 e. The molecule has 0 radical (unpaired) electrons. The van der Waals surface area contributed by atoms with E-state index in [1.807, 2.05) is 6.92 Å². The first kappa shape index (κ1) is 14.8. The first-order valence-electron chi connectivity index (χ1n) is 6.42. The Morgan fingerprint density at radius 3 is 2.39 bits per heavy atom. The molecule has 1 amide bonds. The first-order valence-corrected chi connectivity index (χ1v) is 6.42. The second-order valence-corrected chi connectivity index (χ2v) is 6.05. The zero-order chi connectivity index (χ0) is 14.0. The van der Waals surface area contributed by atoms with Crippen molar-refractivity contribution < 1.29 is 19.4 Å². The van der Waals surface area contributed by atoms with Crippen molar-refractivity contribution in [1.29, 1.82) is 0 Å². The molecule has 0 aliphatic heterocycles. The van der Waals surface area contributed by atoms with Crippen LogP contribution < -0.4 is 5.32 Å². The van der Waals surface area contributed by atoms with Crippen molar-refractivity contribution in [2.45, 2.75) is 64.5 Å². The maximum Gasteiger partial charge on any atom is 0.408 e. The van der Waals surface area contributed by atoms with Gasteiger partial charge in [-0.25, -0.2) is 9.59 Å². The molecule has 1 saturated carbocycles. The lowest BCUT2D eigenvalue weighted by Crippen LogP contribution is -2.60. The third-order valence-electron chi connectivity index (χ3n) is 3.41. The van der Waals surface area contributed by atoms with Gasteiger partial charge in [-0.05, 0) is 39.5 Å². The summed E-state index contributed by atoms with van der Waals surface area (Å²) in [6.45, 7) is 7.13. The van der Waals surface area contributed by atoms with E-state index < -0.39 is 23.2 Å². The van der Waals surface area contributed by atoms with E-state index in [-0.39, 0.29) is 5.92 Å². The number of carboxylic acid groups (broad SMARTS) is 1. The SMILES string of the molecule is C[C@H]1CCCC[C@@]1(NC(=O)OC(C)(C)C)C(=O)O. The second-order valence-electron chi connectivity index (χ2n) is 6.05. The third-order valence-corrected chi connectivity index (χ3v) is 3.41. The van der Waals surface area contributed by atoms with Gasteiger partial charge in [0.05, 0.1) is 0 Å². The molecule has 0 aromatic rings. The third kappa shape index (κ3) is 3.37. The van der Waals surface area contributed by atoms with Gasteiger partial charge in [-0.15, -0.1) is 0 Å². The molecule has 0 spiro atoms. The maximum atomic E-state index is 11.8. The molecule has 0 heterocycles. The van der Waals surface area contributed by atoms with Crippen LogP contribution in [0.3, 0.4) is 0 Å². The van der Waals surface area contributed by atoms with Crippen molar-refractivity contribution in [1.82, 2.24) is 5.32 Å². The van der Waals surface area contributed by atoms with E-state index in [9.17, 15) is 14.7 Å². The molecule has 0 aromatic carbocycles. The summed E-state index contributed by atoms with van der Waals surface area (Å²) >= 11 is 0. The minimum absolute atomic E-state index is 0.0868. The summed E-state index contributed by atoms with van der Waals surface area (Å²) in [4.78, 5) is 23.3. The van der Waals surface area contributed by atoms with Crippen LogP contribution in [0.15, 0.2) is 0 Å². The summed E-state index contributed by atoms with van der Waals surface area (Å²) in [7, 11) is 0. The Morgan fingerprint density at radius 1 is 1.33 bits per heavy atom. The lowest BCUT2D eigenvalue weighted by Gasteiger charge is -2.39. The van der Waals surface area contributed by atoms with Crippen LogP contribution >= 0.6 is 0 Å². The number of nitrogens with one attached hydrogen (secondary N) is 1. The Morgan fingerprint density at radius 2 is 1.94 bits per heavy atom. The highest BCUT2D eigenvalue weighted by molar-refractivity contribution is 5.85. The fourth-order valence-corrected chi connectivity index (χ4v) is 2.39. The van der Waals surface area contributed by atoms with Gasteiger partial charge in [0.15, 0.2) is 0 Å². The largest absolute Gasteiger partial charge is 0.479 e. The number of amides is 1. The molecule has 5 nitrogen and oxygen atoms in total. The van der Waals surface area contributed by atoms with Crippen LogP contribution in [0.1, 0.15) is 53.4 Å². The van der Waals surface area contributed by atoms with Crippen LogP contribution in [0.4, 0.5) is 4.79 Å². The summed E-state index contributed by atoms with van der Waals surface area (Å²) in [5.41, 5.74) is -1.80. The molecular weight excluding hydrogens is 234 g/mol. The van der Waals surface area contributed by atoms with Crippen LogP contribution in [-0.2, 0) is 9.53 Å². The molecule has 0 unspecified atom stereocenters. The Labute approximate surface area is 108 Å². The van der Waals surface area contributed by atoms with E-state index in [0.717, 1.165) is 19.3 Å². The molecule has 1 rings (SSSR count). The normalized spacial score (nSPS) is 28.6. The minimum Gasteiger partial charge on any atom is -0.479 e. The molecule has 2 N–H and O–H groups in total. The van der Waals surface area contributed by atoms with Gasteiger partial charge in [0.2, 0.25) is 0 Å². The van der Waals surface area contributed by atoms with Crippen LogP contribution in [0.25, 0.3) is 0 Å². The van der Waals surface area contributed by atoms with Crippen LogP contribution in [-0.4, -0.2) is 28.3 Å². The number of ether oxygens (including phenoxy) is 1. The molecule has 1 aliphatic carbocycles. The van der Waals surface area contributed by atoms with E-state index >= 15 is 0 Å². The monoisotopic (exact) mass is 257 g/mol. The number of carbonyl (C=O) groups is 2. The first-order chi connectivity index (χ1) is 8.17. The van der Waals surface area contributed by atoms with E-state index in [1.54, 1.807) is 20.8 Å². The molecule has 1 aliphatic rings. The molecule has 18 heavy (non-hydrogen) atoms. The van der Waals surface area contributed by atoms with Gasteiger partial charge < -0.3 is 15.2 Å². The zero-order valence-electron chi connectivity index (χ0n) is 11.6. The highest BCUT2D eigenvalue weighted by Gasteiger charge is 2.47. The zero-order valence-corrected chi connectivity index (χ0v) is 11.6. The van der Waals surface area contributed by atoms with Gasteiger partial charge in [-0.2, -0.15) is 0 Å². The Bertz CT molecular complexity index is 334. The van der Waals surface area contributed by atoms with Crippen molar-refractivity contribution in [3.63, 3.8) is 0 Å². The van der Waals surface area contributed by atoms with Gasteiger partial charge in [0.25, 0.3) is 0 Å². The van der Waals surface area contributed by atoms with E-state index in [1.165, 1.54) is 0 Å². The Kier molecular flexibility index (Phi) is 4.24. The molecule has 5 heteroatoms. The standard InChI is InChI=1S/C13H23NO4/c1-9-7-5-6-8-13(9,10(15)16)14-11(17)18-12(2,3)4/h9H,5-8H2,1-4H3,(H,14,17)(H,15,16)/t9-,13-/m0/s1. The van der Waals surface area contributed by atoms with Crippen molar-refractivity contribution in [2.75, 3.05) is 0 Å². The van der Waals surface area contributed by atoms with Crippen LogP contribution in [0.2, 0.25) is 0 Å². The highest BCUT2D eigenvalue weighted by Crippen LogP contribution is 2.34. The number of hydrogen-bond donors (Lipinski definition) is 2. The van der Waals surface area contributed by atoms with Crippen molar-refractivity contribution in [2.24, 2.45) is 5.92 Å². The average molecular weight is 257 g/mol. The van der Waals surface area contributed by atoms with Gasteiger partial charge in [-0.1, -0.05) is 19.8 Å². The van der Waals surface area contributed by atoms with Crippen molar-refractivity contribution in [3.05, 3.63) is 0 Å². The van der Waals surface area contributed by atoms with Gasteiger partial charge in [0.1, 0.15) is 11.1 Å². The number of hydrogen-bond acceptors (Lipinski definition) is 3. The number of rotatable bonds is 2. The van der Waals surface area contributed by atoms with Crippen molar-refractivity contribution in [3.8, 4) is 0 Å². The minimum atomic E-state index is -1.18.